The minimum absolute atomic E-state index is 0.153. The maximum Gasteiger partial charge on any atom is 0.292 e. The van der Waals surface area contributed by atoms with E-state index >= 15 is 0 Å². The number of carbonyl (C=O) groups is 2. The first kappa shape index (κ1) is 15.9. The van der Waals surface area contributed by atoms with Gasteiger partial charge in [0.1, 0.15) is 10.8 Å². The Bertz CT molecular complexity index is 867. The zero-order valence-corrected chi connectivity index (χ0v) is 13.8. The van der Waals surface area contributed by atoms with Gasteiger partial charge in [0, 0.05) is 13.1 Å². The maximum atomic E-state index is 12.2. The molecule has 0 aromatic carbocycles. The first-order valence-electron chi connectivity index (χ1n) is 7.09. The van der Waals surface area contributed by atoms with Gasteiger partial charge in [-0.05, 0) is 18.6 Å². The van der Waals surface area contributed by atoms with E-state index in [1.807, 2.05) is 6.92 Å². The number of furan rings is 1. The number of hydrogen-bond donors (Lipinski definition) is 2. The van der Waals surface area contributed by atoms with Crippen molar-refractivity contribution in [1.82, 2.24) is 20.0 Å². The van der Waals surface area contributed by atoms with Crippen molar-refractivity contribution in [3.8, 4) is 0 Å². The fourth-order valence-electron chi connectivity index (χ4n) is 1.89. The van der Waals surface area contributed by atoms with Crippen molar-refractivity contribution in [3.63, 3.8) is 0 Å². The van der Waals surface area contributed by atoms with Gasteiger partial charge < -0.3 is 9.73 Å². The van der Waals surface area contributed by atoms with E-state index in [1.54, 1.807) is 19.2 Å². The van der Waals surface area contributed by atoms with Gasteiger partial charge in [0.15, 0.2) is 11.5 Å². The number of amides is 2. The predicted molar refractivity (Wildman–Crippen MR) is 87.1 cm³/mol. The lowest BCUT2D eigenvalue weighted by Crippen LogP contribution is -2.13. The lowest BCUT2D eigenvalue weighted by molar-refractivity contribution is 0.0993. The molecule has 9 nitrogen and oxygen atoms in total. The van der Waals surface area contributed by atoms with Gasteiger partial charge >= 0.3 is 0 Å². The molecule has 3 heterocycles. The zero-order valence-electron chi connectivity index (χ0n) is 12.9. The number of rotatable bonds is 5. The van der Waals surface area contributed by atoms with Crippen molar-refractivity contribution in [3.05, 3.63) is 40.9 Å². The second-order valence-corrected chi connectivity index (χ2v) is 5.84. The minimum atomic E-state index is -0.428. The Morgan fingerprint density at radius 2 is 2.12 bits per heavy atom. The minimum Gasteiger partial charge on any atom is -0.459 e. The molecule has 0 fully saturated rings. The lowest BCUT2D eigenvalue weighted by atomic mass is 10.4. The SMILES string of the molecule is CCc1nnc(NC(=O)c2cc(NC(=O)c3ccco3)n(C)n2)s1. The maximum absolute atomic E-state index is 12.2. The van der Waals surface area contributed by atoms with Crippen molar-refractivity contribution in [2.45, 2.75) is 13.3 Å². The summed E-state index contributed by atoms with van der Waals surface area (Å²) in [6.45, 7) is 1.96. The molecule has 0 saturated carbocycles. The molecule has 0 radical (unpaired) electrons. The van der Waals surface area contributed by atoms with Crippen LogP contribution in [0.1, 0.15) is 33.0 Å². The van der Waals surface area contributed by atoms with Crippen LogP contribution in [0.5, 0.6) is 0 Å². The Morgan fingerprint density at radius 3 is 2.79 bits per heavy atom. The molecule has 0 aliphatic heterocycles. The molecule has 0 spiro atoms. The Kier molecular flexibility index (Phi) is 4.38. The average Bonchev–Trinajstić information content (AvgIpc) is 3.29. The molecule has 124 valence electrons. The van der Waals surface area contributed by atoms with Gasteiger partial charge in [-0.25, -0.2) is 0 Å². The summed E-state index contributed by atoms with van der Waals surface area (Å²) in [5.74, 6) is -0.314. The third-order valence-electron chi connectivity index (χ3n) is 3.09. The van der Waals surface area contributed by atoms with Crippen molar-refractivity contribution >= 4 is 34.1 Å². The van der Waals surface area contributed by atoms with Crippen molar-refractivity contribution in [2.75, 3.05) is 10.6 Å². The second-order valence-electron chi connectivity index (χ2n) is 4.78. The van der Waals surface area contributed by atoms with E-state index in [1.165, 1.54) is 28.3 Å². The van der Waals surface area contributed by atoms with Gasteiger partial charge in [0.2, 0.25) is 5.13 Å². The highest BCUT2D eigenvalue weighted by Gasteiger charge is 2.17. The molecule has 0 unspecified atom stereocenters. The standard InChI is InChI=1S/C14H14N6O3S/c1-3-11-17-18-14(24-11)16-12(21)8-7-10(20(2)19-8)15-13(22)9-5-4-6-23-9/h4-7H,3H2,1-2H3,(H,15,22)(H,16,18,21). The number of aryl methyl sites for hydroxylation is 2. The Balaban J connectivity index is 1.70. The number of nitrogens with one attached hydrogen (secondary N) is 2. The first-order valence-corrected chi connectivity index (χ1v) is 7.91. The van der Waals surface area contributed by atoms with Crippen molar-refractivity contribution in [2.24, 2.45) is 7.05 Å². The van der Waals surface area contributed by atoms with E-state index in [0.29, 0.717) is 10.9 Å². The van der Waals surface area contributed by atoms with Crippen LogP contribution in [-0.4, -0.2) is 31.8 Å². The molecule has 24 heavy (non-hydrogen) atoms. The number of aromatic nitrogens is 4. The number of anilines is 2. The third-order valence-corrected chi connectivity index (χ3v) is 4.07. The van der Waals surface area contributed by atoms with E-state index in [4.69, 9.17) is 4.42 Å². The fraction of sp³-hybridized carbons (Fsp3) is 0.214. The summed E-state index contributed by atoms with van der Waals surface area (Å²) in [6, 6.07) is 4.63. The molecule has 2 N–H and O–H groups in total. The highest BCUT2D eigenvalue weighted by Crippen LogP contribution is 2.17. The molecular weight excluding hydrogens is 332 g/mol. The molecular formula is C14H14N6O3S. The van der Waals surface area contributed by atoms with Gasteiger partial charge in [0.25, 0.3) is 11.8 Å². The summed E-state index contributed by atoms with van der Waals surface area (Å²) in [7, 11) is 1.62. The molecule has 3 rings (SSSR count). The van der Waals surface area contributed by atoms with E-state index in [0.717, 1.165) is 11.4 Å². The highest BCUT2D eigenvalue weighted by atomic mass is 32.1. The Hall–Kier alpha value is -3.01. The van der Waals surface area contributed by atoms with Crippen LogP contribution in [0.3, 0.4) is 0 Å². The van der Waals surface area contributed by atoms with Crippen LogP contribution in [0.15, 0.2) is 28.9 Å². The Labute approximate surface area is 140 Å². The van der Waals surface area contributed by atoms with Gasteiger partial charge in [-0.3, -0.25) is 19.6 Å². The predicted octanol–water partition coefficient (Wildman–Crippen LogP) is 1.93. The lowest BCUT2D eigenvalue weighted by Gasteiger charge is -2.01. The average molecular weight is 346 g/mol. The molecule has 0 aliphatic carbocycles. The molecule has 3 aromatic heterocycles. The van der Waals surface area contributed by atoms with Gasteiger partial charge in [-0.15, -0.1) is 10.2 Å². The number of carbonyl (C=O) groups excluding carboxylic acids is 2. The molecule has 2 amide bonds. The molecule has 0 aliphatic rings. The van der Waals surface area contributed by atoms with Crippen LogP contribution in [0.25, 0.3) is 0 Å². The van der Waals surface area contributed by atoms with E-state index in [9.17, 15) is 9.59 Å². The van der Waals surface area contributed by atoms with Crippen LogP contribution >= 0.6 is 11.3 Å². The van der Waals surface area contributed by atoms with Gasteiger partial charge in [-0.2, -0.15) is 5.10 Å². The van der Waals surface area contributed by atoms with Crippen LogP contribution < -0.4 is 10.6 Å². The Morgan fingerprint density at radius 1 is 1.29 bits per heavy atom. The number of hydrogen-bond acceptors (Lipinski definition) is 7. The van der Waals surface area contributed by atoms with Crippen LogP contribution in [0.2, 0.25) is 0 Å². The second kappa shape index (κ2) is 6.62. The summed E-state index contributed by atoms with van der Waals surface area (Å²) in [6.07, 6.45) is 2.16. The summed E-state index contributed by atoms with van der Waals surface area (Å²) in [5, 5.41) is 18.4. The molecule has 0 bridgehead atoms. The quantitative estimate of drug-likeness (QED) is 0.729. The highest BCUT2D eigenvalue weighted by molar-refractivity contribution is 7.15. The van der Waals surface area contributed by atoms with E-state index < -0.39 is 11.8 Å². The van der Waals surface area contributed by atoms with Crippen molar-refractivity contribution < 1.29 is 14.0 Å². The normalized spacial score (nSPS) is 10.6. The number of nitrogens with zero attached hydrogens (tertiary/aromatic N) is 4. The van der Waals surface area contributed by atoms with E-state index in [-0.39, 0.29) is 11.5 Å². The first-order chi connectivity index (χ1) is 11.6. The van der Waals surface area contributed by atoms with Crippen LogP contribution in [0.4, 0.5) is 10.9 Å². The summed E-state index contributed by atoms with van der Waals surface area (Å²) < 4.78 is 6.41. The largest absolute Gasteiger partial charge is 0.459 e. The topological polar surface area (TPSA) is 115 Å². The molecule has 0 atom stereocenters. The van der Waals surface area contributed by atoms with Crippen LogP contribution in [-0.2, 0) is 13.5 Å². The fourth-order valence-corrected chi connectivity index (χ4v) is 2.56. The summed E-state index contributed by atoms with van der Waals surface area (Å²) in [4.78, 5) is 24.2. The van der Waals surface area contributed by atoms with Crippen molar-refractivity contribution in [1.29, 1.82) is 0 Å². The summed E-state index contributed by atoms with van der Waals surface area (Å²) >= 11 is 1.30. The van der Waals surface area contributed by atoms with Gasteiger partial charge in [0.05, 0.1) is 6.26 Å². The third kappa shape index (κ3) is 3.33. The van der Waals surface area contributed by atoms with E-state index in [2.05, 4.69) is 25.9 Å². The smallest absolute Gasteiger partial charge is 0.292 e. The molecule has 10 heteroatoms. The van der Waals surface area contributed by atoms with Crippen LogP contribution in [0, 0.1) is 0 Å². The summed E-state index contributed by atoms with van der Waals surface area (Å²) in [5.41, 5.74) is 0.153. The molecule has 3 aromatic rings. The monoisotopic (exact) mass is 346 g/mol. The molecule has 0 saturated heterocycles. The zero-order chi connectivity index (χ0) is 17.1. The van der Waals surface area contributed by atoms with Gasteiger partial charge in [-0.1, -0.05) is 18.3 Å².